The highest BCUT2D eigenvalue weighted by atomic mass is 32.2. The van der Waals surface area contributed by atoms with Crippen molar-refractivity contribution in [1.82, 2.24) is 4.31 Å². The number of cyclic esters (lactones) is 1. The van der Waals surface area contributed by atoms with Crippen LogP contribution in [0.1, 0.15) is 25.8 Å². The number of methoxy groups -OCH3 is 1. The molecule has 1 aliphatic rings. The topological polar surface area (TPSA) is 113 Å². The van der Waals surface area contributed by atoms with Crippen LogP contribution in [0.15, 0.2) is 89.8 Å². The van der Waals surface area contributed by atoms with Crippen molar-refractivity contribution in [3.8, 4) is 5.75 Å². The van der Waals surface area contributed by atoms with E-state index in [1.54, 1.807) is 36.4 Å². The summed E-state index contributed by atoms with van der Waals surface area (Å²) in [5, 5.41) is 11.5. The van der Waals surface area contributed by atoms with Crippen LogP contribution in [0.4, 0.5) is 10.5 Å². The Morgan fingerprint density at radius 2 is 1.62 bits per heavy atom. The van der Waals surface area contributed by atoms with E-state index in [2.05, 4.69) is 0 Å². The van der Waals surface area contributed by atoms with Crippen molar-refractivity contribution in [2.45, 2.75) is 43.8 Å². The van der Waals surface area contributed by atoms with Gasteiger partial charge in [0.2, 0.25) is 10.0 Å². The number of ketones is 1. The first kappa shape index (κ1) is 31.2. The molecule has 3 aromatic carbocycles. The summed E-state index contributed by atoms with van der Waals surface area (Å²) in [6.07, 6.45) is -2.50. The maximum atomic E-state index is 13.7. The van der Waals surface area contributed by atoms with Crippen LogP contribution in [0.5, 0.6) is 5.75 Å². The lowest BCUT2D eigenvalue weighted by atomic mass is 9.88. The minimum absolute atomic E-state index is 0.0127. The third-order valence-electron chi connectivity index (χ3n) is 7.24. The van der Waals surface area contributed by atoms with Crippen molar-refractivity contribution in [1.29, 1.82) is 0 Å². The number of sulfonamides is 1. The number of nitrogens with zero attached hydrogens (tertiary/aromatic N) is 2. The number of rotatable bonds is 14. The van der Waals surface area contributed by atoms with Crippen LogP contribution in [0.3, 0.4) is 0 Å². The predicted molar refractivity (Wildman–Crippen MR) is 160 cm³/mol. The van der Waals surface area contributed by atoms with Crippen LogP contribution >= 0.6 is 0 Å². The van der Waals surface area contributed by atoms with Gasteiger partial charge in [0.1, 0.15) is 5.75 Å². The molecule has 0 aliphatic carbocycles. The van der Waals surface area contributed by atoms with Crippen molar-refractivity contribution in [3.05, 3.63) is 90.5 Å². The Balaban J connectivity index is 1.54. The lowest BCUT2D eigenvalue weighted by molar-refractivity contribution is -0.127. The van der Waals surface area contributed by atoms with E-state index in [9.17, 15) is 23.1 Å². The zero-order valence-corrected chi connectivity index (χ0v) is 24.9. The van der Waals surface area contributed by atoms with E-state index in [-0.39, 0.29) is 42.7 Å². The van der Waals surface area contributed by atoms with Crippen molar-refractivity contribution >= 4 is 27.6 Å². The van der Waals surface area contributed by atoms with Gasteiger partial charge >= 0.3 is 6.09 Å². The first-order valence-corrected chi connectivity index (χ1v) is 15.4. The number of ether oxygens (including phenoxy) is 2. The van der Waals surface area contributed by atoms with E-state index in [4.69, 9.17) is 9.47 Å². The number of Topliss-reactive ketones (excluding diaryl/α,β-unsaturated/α-hetero) is 1. The molecule has 42 heavy (non-hydrogen) atoms. The van der Waals surface area contributed by atoms with Crippen LogP contribution in [0.25, 0.3) is 0 Å². The average Bonchev–Trinajstić information content (AvgIpc) is 3.38. The van der Waals surface area contributed by atoms with Gasteiger partial charge < -0.3 is 14.6 Å². The van der Waals surface area contributed by atoms with Crippen LogP contribution < -0.4 is 9.64 Å². The van der Waals surface area contributed by atoms with Crippen molar-refractivity contribution in [3.63, 3.8) is 0 Å². The molecule has 0 spiro atoms. The fraction of sp³-hybridized carbons (Fsp3) is 0.375. The zero-order valence-electron chi connectivity index (χ0n) is 24.1. The smallest absolute Gasteiger partial charge is 0.415 e. The van der Waals surface area contributed by atoms with E-state index in [0.29, 0.717) is 17.9 Å². The largest absolute Gasteiger partial charge is 0.497 e. The van der Waals surface area contributed by atoms with Gasteiger partial charge in [0.05, 0.1) is 24.7 Å². The van der Waals surface area contributed by atoms with E-state index in [1.165, 1.54) is 28.4 Å². The van der Waals surface area contributed by atoms with Crippen molar-refractivity contribution in [2.24, 2.45) is 11.8 Å². The van der Waals surface area contributed by atoms with E-state index in [1.807, 2.05) is 50.2 Å². The summed E-state index contributed by atoms with van der Waals surface area (Å²) < 4.78 is 39.2. The number of para-hydroxylation sites is 1. The molecular formula is C32H38N2O7S. The van der Waals surface area contributed by atoms with Gasteiger partial charge in [0, 0.05) is 25.2 Å². The molecule has 1 N–H and O–H groups in total. The second kappa shape index (κ2) is 14.0. The number of carbonyl (C=O) groups excluding carboxylic acids is 2. The number of benzene rings is 3. The minimum atomic E-state index is -3.96. The van der Waals surface area contributed by atoms with Crippen LogP contribution in [0.2, 0.25) is 0 Å². The van der Waals surface area contributed by atoms with Gasteiger partial charge in [0.15, 0.2) is 11.9 Å². The molecule has 9 nitrogen and oxygen atoms in total. The maximum absolute atomic E-state index is 13.7. The van der Waals surface area contributed by atoms with Gasteiger partial charge in [-0.25, -0.2) is 13.2 Å². The SMILES string of the molecule is COc1ccc(S(=O)(=O)N(CC(C)C)C[C@@H](O)[C@@H](CC(=O)[C@@H]2CN(c3ccccc3)C(=O)O2)Cc2ccccc2)cc1. The predicted octanol–water partition coefficient (Wildman–Crippen LogP) is 4.55. The molecule has 3 atom stereocenters. The molecule has 1 amide bonds. The van der Waals surface area contributed by atoms with Crippen LogP contribution in [0, 0.1) is 11.8 Å². The molecule has 1 aliphatic heterocycles. The Kier molecular flexibility index (Phi) is 10.4. The standard InChI is InChI=1S/C32H38N2O7S/c1-23(2)20-33(42(38,39)28-16-14-27(40-3)15-17-28)21-30(36)25(18-24-10-6-4-7-11-24)19-29(35)31-22-34(32(37)41-31)26-12-8-5-9-13-26/h4-17,23,25,30-31,36H,18-22H2,1-3H3/t25-,30-,31+/m1/s1. The Bertz CT molecular complexity index is 1430. The maximum Gasteiger partial charge on any atom is 0.415 e. The summed E-state index contributed by atoms with van der Waals surface area (Å²) >= 11 is 0. The third kappa shape index (κ3) is 7.76. The van der Waals surface area contributed by atoms with Crippen LogP contribution in [-0.4, -0.2) is 68.7 Å². The number of aliphatic hydroxyl groups excluding tert-OH is 1. The molecular weight excluding hydrogens is 556 g/mol. The molecule has 0 unspecified atom stereocenters. The fourth-order valence-corrected chi connectivity index (χ4v) is 6.65. The van der Waals surface area contributed by atoms with E-state index >= 15 is 0 Å². The minimum Gasteiger partial charge on any atom is -0.497 e. The summed E-state index contributed by atoms with van der Waals surface area (Å²) in [6.45, 7) is 3.87. The lowest BCUT2D eigenvalue weighted by Gasteiger charge is -2.30. The molecule has 1 fully saturated rings. The average molecular weight is 595 g/mol. The van der Waals surface area contributed by atoms with Crippen LogP contribution in [-0.2, 0) is 26.0 Å². The second-order valence-electron chi connectivity index (χ2n) is 10.9. The number of anilines is 1. The van der Waals surface area contributed by atoms with Gasteiger partial charge in [-0.3, -0.25) is 9.69 Å². The van der Waals surface area contributed by atoms with Gasteiger partial charge in [-0.15, -0.1) is 0 Å². The molecule has 10 heteroatoms. The quantitative estimate of drug-likeness (QED) is 0.291. The molecule has 1 heterocycles. The molecule has 0 radical (unpaired) electrons. The summed E-state index contributed by atoms with van der Waals surface area (Å²) in [5.41, 5.74) is 1.53. The first-order chi connectivity index (χ1) is 20.1. The van der Waals surface area contributed by atoms with Gasteiger partial charge in [-0.2, -0.15) is 4.31 Å². The number of hydrogen-bond acceptors (Lipinski definition) is 7. The highest BCUT2D eigenvalue weighted by Crippen LogP contribution is 2.27. The summed E-state index contributed by atoms with van der Waals surface area (Å²) in [4.78, 5) is 27.5. The molecule has 0 saturated carbocycles. The third-order valence-corrected chi connectivity index (χ3v) is 9.09. The van der Waals surface area contributed by atoms with Gasteiger partial charge in [-0.05, 0) is 60.2 Å². The Morgan fingerprint density at radius 1 is 1.00 bits per heavy atom. The number of hydrogen-bond donors (Lipinski definition) is 1. The first-order valence-electron chi connectivity index (χ1n) is 14.0. The summed E-state index contributed by atoms with van der Waals surface area (Å²) in [7, 11) is -2.45. The lowest BCUT2D eigenvalue weighted by Crippen LogP contribution is -2.43. The molecule has 1 saturated heterocycles. The summed E-state index contributed by atoms with van der Waals surface area (Å²) in [5.74, 6) is -0.425. The molecule has 224 valence electrons. The molecule has 3 aromatic rings. The molecule has 0 bridgehead atoms. The highest BCUT2D eigenvalue weighted by Gasteiger charge is 2.39. The highest BCUT2D eigenvalue weighted by molar-refractivity contribution is 7.89. The van der Waals surface area contributed by atoms with Crippen molar-refractivity contribution < 1.29 is 32.6 Å². The monoisotopic (exact) mass is 594 g/mol. The Labute approximate surface area is 247 Å². The number of carbonyl (C=O) groups is 2. The molecule has 4 rings (SSSR count). The summed E-state index contributed by atoms with van der Waals surface area (Å²) in [6, 6.07) is 24.5. The fourth-order valence-electron chi connectivity index (χ4n) is 5.03. The number of aliphatic hydroxyl groups is 1. The van der Waals surface area contributed by atoms with Crippen molar-refractivity contribution in [2.75, 3.05) is 31.6 Å². The Hall–Kier alpha value is -3.73. The number of amides is 1. The second-order valence-corrected chi connectivity index (χ2v) is 12.8. The van der Waals surface area contributed by atoms with E-state index in [0.717, 1.165) is 5.56 Å². The van der Waals surface area contributed by atoms with Gasteiger partial charge in [0.25, 0.3) is 0 Å². The zero-order chi connectivity index (χ0) is 30.3. The molecule has 0 aromatic heterocycles. The normalized spacial score (nSPS) is 16.9. The van der Waals surface area contributed by atoms with E-state index < -0.39 is 34.2 Å². The van der Waals surface area contributed by atoms with Gasteiger partial charge in [-0.1, -0.05) is 62.4 Å². The Morgan fingerprint density at radius 3 is 2.21 bits per heavy atom.